The van der Waals surface area contributed by atoms with Crippen molar-refractivity contribution in [2.45, 2.75) is 38.0 Å². The number of hydrogen-bond donors (Lipinski definition) is 1. The predicted octanol–water partition coefficient (Wildman–Crippen LogP) is 2.13. The van der Waals surface area contributed by atoms with Gasteiger partial charge in [-0.15, -0.1) is 0 Å². The Balaban J connectivity index is 1.90. The Morgan fingerprint density at radius 2 is 2.40 bits per heavy atom. The zero-order valence-corrected chi connectivity index (χ0v) is 9.28. The van der Waals surface area contributed by atoms with Crippen molar-refractivity contribution in [3.8, 4) is 0 Å². The Labute approximate surface area is 94.6 Å². The van der Waals surface area contributed by atoms with Gasteiger partial charge in [-0.2, -0.15) is 0 Å². The van der Waals surface area contributed by atoms with Crippen LogP contribution in [0.15, 0.2) is 18.5 Å². The number of nitrogens with zero attached hydrogens (tertiary/aromatic N) is 1. The van der Waals surface area contributed by atoms with E-state index in [2.05, 4.69) is 4.98 Å². The van der Waals surface area contributed by atoms with E-state index in [0.29, 0.717) is 11.6 Å². The molecule has 1 aromatic heterocycles. The second kappa shape index (κ2) is 4.92. The van der Waals surface area contributed by atoms with Crippen molar-refractivity contribution in [2.75, 3.05) is 0 Å². The number of rotatable bonds is 3. The lowest BCUT2D eigenvalue weighted by Crippen LogP contribution is -2.31. The number of hydrogen-bond acceptors (Lipinski definition) is 3. The maximum atomic E-state index is 5.97. The minimum Gasteiger partial charge on any atom is -0.372 e. The van der Waals surface area contributed by atoms with Crippen molar-refractivity contribution in [2.24, 2.45) is 5.73 Å². The van der Waals surface area contributed by atoms with E-state index in [1.807, 2.05) is 6.07 Å². The van der Waals surface area contributed by atoms with Crippen LogP contribution in [0.2, 0.25) is 5.02 Å². The molecule has 82 valence electrons. The maximum absolute atomic E-state index is 5.97. The fourth-order valence-electron chi connectivity index (χ4n) is 1.88. The van der Waals surface area contributed by atoms with Crippen molar-refractivity contribution in [3.05, 3.63) is 29.0 Å². The third-order valence-corrected chi connectivity index (χ3v) is 3.15. The summed E-state index contributed by atoms with van der Waals surface area (Å²) < 4.78 is 5.74. The molecule has 2 unspecified atom stereocenters. The molecule has 1 heterocycles. The van der Waals surface area contributed by atoms with Crippen LogP contribution in [0.5, 0.6) is 0 Å². The number of pyridine rings is 1. The van der Waals surface area contributed by atoms with Crippen LogP contribution in [0.4, 0.5) is 0 Å². The van der Waals surface area contributed by atoms with Gasteiger partial charge in [0.2, 0.25) is 0 Å². The average molecular weight is 227 g/mol. The Morgan fingerprint density at radius 1 is 1.53 bits per heavy atom. The molecule has 0 aromatic carbocycles. The molecular formula is C11H15ClN2O. The lowest BCUT2D eigenvalue weighted by molar-refractivity contribution is 0.0357. The molecule has 0 amide bonds. The molecule has 1 aromatic rings. The van der Waals surface area contributed by atoms with Crippen LogP contribution in [0, 0.1) is 0 Å². The van der Waals surface area contributed by atoms with Crippen molar-refractivity contribution in [3.63, 3.8) is 0 Å². The van der Waals surface area contributed by atoms with Gasteiger partial charge in [-0.1, -0.05) is 11.6 Å². The van der Waals surface area contributed by atoms with Gasteiger partial charge in [0.05, 0.1) is 17.7 Å². The number of aromatic nitrogens is 1. The Hall–Kier alpha value is -0.640. The summed E-state index contributed by atoms with van der Waals surface area (Å²) in [5, 5.41) is 0.657. The van der Waals surface area contributed by atoms with Crippen molar-refractivity contribution in [1.29, 1.82) is 0 Å². The standard InChI is InChI=1S/C11H15ClN2O/c12-9-6-14-5-4-8(9)7-15-11-3-1-2-10(11)13/h4-6,10-11H,1-3,7,13H2. The van der Waals surface area contributed by atoms with Gasteiger partial charge in [-0.3, -0.25) is 4.98 Å². The summed E-state index contributed by atoms with van der Waals surface area (Å²) in [4.78, 5) is 3.93. The van der Waals surface area contributed by atoms with Crippen LogP contribution in [-0.2, 0) is 11.3 Å². The highest BCUT2D eigenvalue weighted by molar-refractivity contribution is 6.31. The van der Waals surface area contributed by atoms with E-state index in [4.69, 9.17) is 22.1 Å². The maximum Gasteiger partial charge on any atom is 0.0737 e. The van der Waals surface area contributed by atoms with Gasteiger partial charge in [0.1, 0.15) is 0 Å². The first-order valence-electron chi connectivity index (χ1n) is 5.23. The molecule has 2 N–H and O–H groups in total. The molecule has 1 aliphatic carbocycles. The zero-order chi connectivity index (χ0) is 10.7. The Morgan fingerprint density at radius 3 is 3.07 bits per heavy atom. The van der Waals surface area contributed by atoms with Gasteiger partial charge in [0, 0.05) is 18.4 Å². The lowest BCUT2D eigenvalue weighted by Gasteiger charge is -2.16. The highest BCUT2D eigenvalue weighted by atomic mass is 35.5. The third-order valence-electron chi connectivity index (χ3n) is 2.81. The van der Waals surface area contributed by atoms with E-state index >= 15 is 0 Å². The van der Waals surface area contributed by atoms with E-state index in [9.17, 15) is 0 Å². The zero-order valence-electron chi connectivity index (χ0n) is 8.53. The van der Waals surface area contributed by atoms with Crippen LogP contribution in [-0.4, -0.2) is 17.1 Å². The van der Waals surface area contributed by atoms with E-state index < -0.39 is 0 Å². The fraction of sp³-hybridized carbons (Fsp3) is 0.545. The molecule has 1 fully saturated rings. The van der Waals surface area contributed by atoms with Gasteiger partial charge in [0.25, 0.3) is 0 Å². The van der Waals surface area contributed by atoms with Crippen molar-refractivity contribution in [1.82, 2.24) is 4.98 Å². The number of nitrogens with two attached hydrogens (primary N) is 1. The van der Waals surface area contributed by atoms with Crippen molar-refractivity contribution < 1.29 is 4.74 Å². The van der Waals surface area contributed by atoms with Gasteiger partial charge in [0.15, 0.2) is 0 Å². The highest BCUT2D eigenvalue weighted by Crippen LogP contribution is 2.23. The lowest BCUT2D eigenvalue weighted by atomic mass is 10.2. The van der Waals surface area contributed by atoms with Gasteiger partial charge >= 0.3 is 0 Å². The van der Waals surface area contributed by atoms with Gasteiger partial charge in [-0.05, 0) is 30.9 Å². The van der Waals surface area contributed by atoms with E-state index in [1.54, 1.807) is 12.4 Å². The number of ether oxygens (including phenoxy) is 1. The Bertz CT molecular complexity index is 332. The minimum absolute atomic E-state index is 0.186. The summed E-state index contributed by atoms with van der Waals surface area (Å²) in [6.07, 6.45) is 6.83. The summed E-state index contributed by atoms with van der Waals surface area (Å²) >= 11 is 5.97. The van der Waals surface area contributed by atoms with Crippen LogP contribution < -0.4 is 5.73 Å². The molecular weight excluding hydrogens is 212 g/mol. The second-order valence-corrected chi connectivity index (χ2v) is 4.32. The fourth-order valence-corrected chi connectivity index (χ4v) is 2.05. The second-order valence-electron chi connectivity index (χ2n) is 3.91. The van der Waals surface area contributed by atoms with Gasteiger partial charge in [-0.25, -0.2) is 0 Å². The first-order chi connectivity index (χ1) is 7.27. The third kappa shape index (κ3) is 2.68. The quantitative estimate of drug-likeness (QED) is 0.859. The number of halogens is 1. The predicted molar refractivity (Wildman–Crippen MR) is 59.7 cm³/mol. The summed E-state index contributed by atoms with van der Waals surface area (Å²) in [6, 6.07) is 2.06. The molecule has 1 aliphatic rings. The molecule has 15 heavy (non-hydrogen) atoms. The first kappa shape index (κ1) is 10.9. The van der Waals surface area contributed by atoms with E-state index in [1.165, 1.54) is 0 Å². The van der Waals surface area contributed by atoms with E-state index in [0.717, 1.165) is 24.8 Å². The summed E-state index contributed by atoms with van der Waals surface area (Å²) in [7, 11) is 0. The summed E-state index contributed by atoms with van der Waals surface area (Å²) in [6.45, 7) is 0.528. The minimum atomic E-state index is 0.186. The van der Waals surface area contributed by atoms with Crippen LogP contribution in [0.25, 0.3) is 0 Å². The molecule has 0 saturated heterocycles. The molecule has 0 spiro atoms. The molecule has 0 aliphatic heterocycles. The van der Waals surface area contributed by atoms with Gasteiger partial charge < -0.3 is 10.5 Å². The summed E-state index contributed by atoms with van der Waals surface area (Å²) in [5.74, 6) is 0. The average Bonchev–Trinajstić information content (AvgIpc) is 2.63. The smallest absolute Gasteiger partial charge is 0.0737 e. The van der Waals surface area contributed by atoms with Crippen LogP contribution >= 0.6 is 11.6 Å². The first-order valence-corrected chi connectivity index (χ1v) is 5.61. The Kier molecular flexibility index (Phi) is 3.57. The monoisotopic (exact) mass is 226 g/mol. The molecule has 0 radical (unpaired) electrons. The van der Waals surface area contributed by atoms with Crippen molar-refractivity contribution >= 4 is 11.6 Å². The van der Waals surface area contributed by atoms with E-state index in [-0.39, 0.29) is 12.1 Å². The van der Waals surface area contributed by atoms with Crippen LogP contribution in [0.1, 0.15) is 24.8 Å². The largest absolute Gasteiger partial charge is 0.372 e. The molecule has 3 nitrogen and oxygen atoms in total. The molecule has 2 atom stereocenters. The topological polar surface area (TPSA) is 48.1 Å². The van der Waals surface area contributed by atoms with Crippen LogP contribution in [0.3, 0.4) is 0 Å². The molecule has 4 heteroatoms. The molecule has 2 rings (SSSR count). The summed E-state index contributed by atoms with van der Waals surface area (Å²) in [5.41, 5.74) is 6.89. The SMILES string of the molecule is NC1CCCC1OCc1ccncc1Cl. The molecule has 0 bridgehead atoms. The molecule has 1 saturated carbocycles. The highest BCUT2D eigenvalue weighted by Gasteiger charge is 2.24. The normalized spacial score (nSPS) is 25.7.